The number of nitrogens with zero attached hydrogens (tertiary/aromatic N) is 2. The fourth-order valence-corrected chi connectivity index (χ4v) is 3.12. The number of nitrogens with one attached hydrogen (secondary N) is 1. The number of carbonyl (C=O) groups excluding carboxylic acids is 1. The van der Waals surface area contributed by atoms with Gasteiger partial charge in [0.25, 0.3) is 0 Å². The molecule has 0 saturated carbocycles. The predicted octanol–water partition coefficient (Wildman–Crippen LogP) is 3.21. The Labute approximate surface area is 122 Å². The maximum atomic E-state index is 12.1. The van der Waals surface area contributed by atoms with Crippen LogP contribution in [-0.4, -0.2) is 15.9 Å². The molecule has 1 N–H and O–H groups in total. The van der Waals surface area contributed by atoms with Crippen molar-refractivity contribution in [1.29, 1.82) is 0 Å². The Morgan fingerprint density at radius 2 is 1.95 bits per heavy atom. The Morgan fingerprint density at radius 3 is 2.76 bits per heavy atom. The molecular weight excluding hydrogens is 262 g/mol. The predicted molar refractivity (Wildman–Crippen MR) is 82.1 cm³/mol. The number of hydrogen-bond donors (Lipinski definition) is 1. The molecule has 3 aromatic rings. The van der Waals surface area contributed by atoms with Gasteiger partial charge in [-0.3, -0.25) is 4.79 Å². The maximum absolute atomic E-state index is 12.1. The summed E-state index contributed by atoms with van der Waals surface area (Å²) >= 11 is 0. The zero-order valence-electron chi connectivity index (χ0n) is 11.7. The second-order valence-electron chi connectivity index (χ2n) is 5.38. The monoisotopic (exact) mass is 277 g/mol. The van der Waals surface area contributed by atoms with Crippen LogP contribution in [-0.2, 0) is 11.2 Å². The van der Waals surface area contributed by atoms with Gasteiger partial charge in [-0.1, -0.05) is 30.3 Å². The first-order chi connectivity index (χ1) is 10.2. The van der Waals surface area contributed by atoms with E-state index in [1.54, 1.807) is 6.92 Å². The van der Waals surface area contributed by atoms with Crippen LogP contribution in [0.3, 0.4) is 0 Å². The van der Waals surface area contributed by atoms with Gasteiger partial charge in [0.2, 0.25) is 5.91 Å². The summed E-state index contributed by atoms with van der Waals surface area (Å²) in [4.78, 5) is 21.9. The number of aromatic amines is 1. The van der Waals surface area contributed by atoms with E-state index in [0.717, 1.165) is 29.0 Å². The second kappa shape index (κ2) is 4.45. The lowest BCUT2D eigenvalue weighted by Crippen LogP contribution is -2.30. The number of amides is 1. The van der Waals surface area contributed by atoms with Gasteiger partial charge >= 0.3 is 0 Å². The molecule has 4 heteroatoms. The lowest BCUT2D eigenvalue weighted by atomic mass is 10.1. The molecule has 0 bridgehead atoms. The molecule has 4 rings (SSSR count). The van der Waals surface area contributed by atoms with E-state index in [4.69, 9.17) is 0 Å². The van der Waals surface area contributed by atoms with E-state index < -0.39 is 0 Å². The van der Waals surface area contributed by atoms with Crippen molar-refractivity contribution in [2.45, 2.75) is 19.4 Å². The first-order valence-electron chi connectivity index (χ1n) is 7.06. The number of hydrogen-bond acceptors (Lipinski definition) is 2. The highest BCUT2D eigenvalue weighted by Gasteiger charge is 2.34. The first-order valence-corrected chi connectivity index (χ1v) is 7.06. The molecule has 4 nitrogen and oxygen atoms in total. The van der Waals surface area contributed by atoms with E-state index in [1.807, 2.05) is 47.4 Å². The Hall–Kier alpha value is -2.62. The number of rotatable bonds is 1. The van der Waals surface area contributed by atoms with Gasteiger partial charge in [-0.2, -0.15) is 0 Å². The minimum absolute atomic E-state index is 0.0467. The first kappa shape index (κ1) is 12.1. The van der Waals surface area contributed by atoms with Gasteiger partial charge in [-0.05, 0) is 23.8 Å². The summed E-state index contributed by atoms with van der Waals surface area (Å²) in [6.45, 7) is 1.61. The van der Waals surface area contributed by atoms with E-state index in [2.05, 4.69) is 16.0 Å². The van der Waals surface area contributed by atoms with Crippen molar-refractivity contribution < 1.29 is 4.79 Å². The van der Waals surface area contributed by atoms with Gasteiger partial charge in [0.05, 0.1) is 17.1 Å². The molecule has 1 aromatic heterocycles. The number of aromatic nitrogens is 2. The van der Waals surface area contributed by atoms with Gasteiger partial charge in [-0.15, -0.1) is 0 Å². The van der Waals surface area contributed by atoms with Crippen LogP contribution in [0.1, 0.15) is 24.4 Å². The third-order valence-electron chi connectivity index (χ3n) is 4.04. The number of benzene rings is 2. The molecule has 1 aliphatic heterocycles. The van der Waals surface area contributed by atoms with Crippen molar-refractivity contribution in [3.8, 4) is 0 Å². The van der Waals surface area contributed by atoms with Crippen LogP contribution in [0.2, 0.25) is 0 Å². The number of H-pyrrole nitrogens is 1. The van der Waals surface area contributed by atoms with Crippen LogP contribution in [0, 0.1) is 0 Å². The third-order valence-corrected chi connectivity index (χ3v) is 4.04. The number of imidazole rings is 1. The minimum Gasteiger partial charge on any atom is -0.340 e. The summed E-state index contributed by atoms with van der Waals surface area (Å²) in [5.41, 5.74) is 4.13. The summed E-state index contributed by atoms with van der Waals surface area (Å²) in [5, 5.41) is 0. The van der Waals surface area contributed by atoms with E-state index in [-0.39, 0.29) is 11.9 Å². The van der Waals surface area contributed by atoms with Crippen molar-refractivity contribution in [3.05, 3.63) is 59.9 Å². The van der Waals surface area contributed by atoms with Crippen LogP contribution in [0.4, 0.5) is 5.69 Å². The van der Waals surface area contributed by atoms with Crippen molar-refractivity contribution in [1.82, 2.24) is 9.97 Å². The molecule has 1 aliphatic rings. The lowest BCUT2D eigenvalue weighted by molar-refractivity contribution is -0.117. The zero-order valence-corrected chi connectivity index (χ0v) is 11.7. The van der Waals surface area contributed by atoms with E-state index in [0.29, 0.717) is 0 Å². The number of para-hydroxylation sites is 3. The van der Waals surface area contributed by atoms with E-state index in [9.17, 15) is 4.79 Å². The number of fused-ring (bicyclic) bond motifs is 2. The molecule has 2 heterocycles. The van der Waals surface area contributed by atoms with Gasteiger partial charge in [0.1, 0.15) is 5.82 Å². The smallest absolute Gasteiger partial charge is 0.224 e. The quantitative estimate of drug-likeness (QED) is 0.742. The third kappa shape index (κ3) is 1.83. The summed E-state index contributed by atoms with van der Waals surface area (Å²) in [6.07, 6.45) is 0.801. The number of anilines is 1. The molecule has 0 spiro atoms. The van der Waals surface area contributed by atoms with Crippen molar-refractivity contribution in [3.63, 3.8) is 0 Å². The van der Waals surface area contributed by atoms with Gasteiger partial charge in [0, 0.05) is 19.0 Å². The summed E-state index contributed by atoms with van der Waals surface area (Å²) in [7, 11) is 0. The average Bonchev–Trinajstić information content (AvgIpc) is 3.08. The molecule has 1 atom stereocenters. The Morgan fingerprint density at radius 1 is 1.19 bits per heavy atom. The Kier molecular flexibility index (Phi) is 2.57. The summed E-state index contributed by atoms with van der Waals surface area (Å²) in [5.74, 6) is 0.896. The molecule has 0 fully saturated rings. The van der Waals surface area contributed by atoms with Gasteiger partial charge < -0.3 is 9.88 Å². The topological polar surface area (TPSA) is 49.0 Å². The molecule has 2 aromatic carbocycles. The van der Waals surface area contributed by atoms with E-state index in [1.165, 1.54) is 5.56 Å². The fraction of sp³-hybridized carbons (Fsp3) is 0.176. The normalized spacial score (nSPS) is 17.2. The number of carbonyl (C=O) groups is 1. The standard InChI is InChI=1S/C17H15N3O/c1-11(21)20-15-9-5-2-6-12(15)10-16(20)17-18-13-7-3-4-8-14(13)19-17/h2-9,16H,10H2,1H3,(H,18,19). The highest BCUT2D eigenvalue weighted by Crippen LogP contribution is 2.39. The second-order valence-corrected chi connectivity index (χ2v) is 5.38. The van der Waals surface area contributed by atoms with Crippen LogP contribution in [0.25, 0.3) is 11.0 Å². The summed E-state index contributed by atoms with van der Waals surface area (Å²) < 4.78 is 0. The summed E-state index contributed by atoms with van der Waals surface area (Å²) in [6, 6.07) is 15.9. The molecule has 1 unspecified atom stereocenters. The van der Waals surface area contributed by atoms with Crippen LogP contribution in [0.5, 0.6) is 0 Å². The molecule has 0 saturated heterocycles. The molecule has 104 valence electrons. The van der Waals surface area contributed by atoms with Crippen molar-refractivity contribution >= 4 is 22.6 Å². The minimum atomic E-state index is -0.0488. The van der Waals surface area contributed by atoms with Crippen molar-refractivity contribution in [2.75, 3.05) is 4.90 Å². The highest BCUT2D eigenvalue weighted by molar-refractivity contribution is 5.94. The average molecular weight is 277 g/mol. The largest absolute Gasteiger partial charge is 0.340 e. The molecular formula is C17H15N3O. The molecule has 1 amide bonds. The van der Waals surface area contributed by atoms with Crippen LogP contribution in [0.15, 0.2) is 48.5 Å². The molecule has 21 heavy (non-hydrogen) atoms. The van der Waals surface area contributed by atoms with Crippen LogP contribution >= 0.6 is 0 Å². The Balaban J connectivity index is 1.83. The SMILES string of the molecule is CC(=O)N1c2ccccc2CC1c1nc2ccccc2[nH]1. The molecule has 0 radical (unpaired) electrons. The lowest BCUT2D eigenvalue weighted by Gasteiger charge is -2.22. The maximum Gasteiger partial charge on any atom is 0.224 e. The highest BCUT2D eigenvalue weighted by atomic mass is 16.2. The Bertz CT molecular complexity index is 804. The zero-order chi connectivity index (χ0) is 14.4. The van der Waals surface area contributed by atoms with Gasteiger partial charge in [-0.25, -0.2) is 4.98 Å². The van der Waals surface area contributed by atoms with Crippen LogP contribution < -0.4 is 4.90 Å². The van der Waals surface area contributed by atoms with Gasteiger partial charge in [0.15, 0.2) is 0 Å². The molecule has 0 aliphatic carbocycles. The fourth-order valence-electron chi connectivity index (χ4n) is 3.12. The van der Waals surface area contributed by atoms with E-state index >= 15 is 0 Å². The van der Waals surface area contributed by atoms with Crippen molar-refractivity contribution in [2.24, 2.45) is 0 Å².